The molecule has 4 nitrogen and oxygen atoms in total. The molecule has 0 aliphatic heterocycles. The van der Waals surface area contributed by atoms with Crippen LogP contribution < -0.4 is 5.32 Å². The van der Waals surface area contributed by atoms with E-state index in [1.54, 1.807) is 4.68 Å². The van der Waals surface area contributed by atoms with Gasteiger partial charge in [0.25, 0.3) is 5.91 Å². The van der Waals surface area contributed by atoms with Crippen LogP contribution in [0, 0.1) is 0 Å². The first kappa shape index (κ1) is 12.9. The Hall–Kier alpha value is -2.10. The van der Waals surface area contributed by atoms with Crippen LogP contribution in [-0.4, -0.2) is 22.2 Å². The number of aromatic nitrogens is 2. The number of hydrogen-bond donors (Lipinski definition) is 1. The molecular formula is C16H19N3O. The van der Waals surface area contributed by atoms with E-state index >= 15 is 0 Å². The fourth-order valence-corrected chi connectivity index (χ4v) is 2.74. The monoisotopic (exact) mass is 269 g/mol. The molecule has 0 spiro atoms. The van der Waals surface area contributed by atoms with Gasteiger partial charge in [-0.1, -0.05) is 6.07 Å². The molecule has 0 unspecified atom stereocenters. The minimum absolute atomic E-state index is 0.0172. The van der Waals surface area contributed by atoms with Crippen LogP contribution in [0.5, 0.6) is 0 Å². The molecule has 1 heterocycles. The van der Waals surface area contributed by atoms with Gasteiger partial charge in [-0.2, -0.15) is 5.10 Å². The maximum atomic E-state index is 12.1. The molecule has 1 aliphatic carbocycles. The van der Waals surface area contributed by atoms with Gasteiger partial charge in [0.15, 0.2) is 0 Å². The molecule has 2 aromatic rings. The van der Waals surface area contributed by atoms with E-state index in [1.807, 2.05) is 31.6 Å². The number of benzene rings is 1. The zero-order chi connectivity index (χ0) is 13.9. The summed E-state index contributed by atoms with van der Waals surface area (Å²) >= 11 is 0. The lowest BCUT2D eigenvalue weighted by Gasteiger charge is -2.06. The van der Waals surface area contributed by atoms with Crippen molar-refractivity contribution in [3.8, 4) is 0 Å². The Kier molecular flexibility index (Phi) is 3.54. The van der Waals surface area contributed by atoms with Crippen molar-refractivity contribution in [2.24, 2.45) is 7.05 Å². The average Bonchev–Trinajstić information content (AvgIpc) is 3.06. The molecule has 1 aromatic heterocycles. The summed E-state index contributed by atoms with van der Waals surface area (Å²) in [6, 6.07) is 6.07. The van der Waals surface area contributed by atoms with Crippen LogP contribution in [0.3, 0.4) is 0 Å². The molecule has 20 heavy (non-hydrogen) atoms. The number of fused-ring (bicyclic) bond motifs is 1. The fraction of sp³-hybridized carbons (Fsp3) is 0.375. The first-order valence-electron chi connectivity index (χ1n) is 7.10. The molecule has 1 aromatic carbocycles. The predicted molar refractivity (Wildman–Crippen MR) is 77.7 cm³/mol. The van der Waals surface area contributed by atoms with Crippen LogP contribution in [0.4, 0.5) is 0 Å². The molecule has 0 atom stereocenters. The molecule has 3 rings (SSSR count). The first-order valence-corrected chi connectivity index (χ1v) is 7.10. The number of carbonyl (C=O) groups is 1. The third-order valence-electron chi connectivity index (χ3n) is 3.82. The smallest absolute Gasteiger partial charge is 0.251 e. The van der Waals surface area contributed by atoms with E-state index in [0.717, 1.165) is 30.4 Å². The van der Waals surface area contributed by atoms with Crippen LogP contribution >= 0.6 is 0 Å². The van der Waals surface area contributed by atoms with Gasteiger partial charge in [-0.25, -0.2) is 0 Å². The zero-order valence-corrected chi connectivity index (χ0v) is 11.7. The Morgan fingerprint density at radius 3 is 3.00 bits per heavy atom. The van der Waals surface area contributed by atoms with Crippen LogP contribution in [0.1, 0.15) is 33.5 Å². The highest BCUT2D eigenvalue weighted by atomic mass is 16.1. The molecule has 0 fully saturated rings. The van der Waals surface area contributed by atoms with Crippen molar-refractivity contribution < 1.29 is 4.79 Å². The Morgan fingerprint density at radius 2 is 2.20 bits per heavy atom. The van der Waals surface area contributed by atoms with E-state index in [4.69, 9.17) is 0 Å². The highest BCUT2D eigenvalue weighted by Gasteiger charge is 2.13. The maximum Gasteiger partial charge on any atom is 0.251 e. The van der Waals surface area contributed by atoms with Crippen LogP contribution in [0.2, 0.25) is 0 Å². The SMILES string of the molecule is Cn1cc(CCNC(=O)c2ccc3c(c2)CCC3)cn1. The second-order valence-electron chi connectivity index (χ2n) is 5.37. The Bertz CT molecular complexity index is 630. The lowest BCUT2D eigenvalue weighted by atomic mass is 10.1. The topological polar surface area (TPSA) is 46.9 Å². The molecule has 1 amide bonds. The van der Waals surface area contributed by atoms with Crippen molar-refractivity contribution in [3.63, 3.8) is 0 Å². The summed E-state index contributed by atoms with van der Waals surface area (Å²) in [5.74, 6) is 0.0172. The van der Waals surface area contributed by atoms with Gasteiger partial charge >= 0.3 is 0 Å². The van der Waals surface area contributed by atoms with E-state index in [1.165, 1.54) is 17.5 Å². The summed E-state index contributed by atoms with van der Waals surface area (Å²) < 4.78 is 1.78. The van der Waals surface area contributed by atoms with E-state index in [-0.39, 0.29) is 5.91 Å². The van der Waals surface area contributed by atoms with Gasteiger partial charge in [0.05, 0.1) is 6.20 Å². The molecule has 0 bridgehead atoms. The van der Waals surface area contributed by atoms with Crippen LogP contribution in [-0.2, 0) is 26.3 Å². The summed E-state index contributed by atoms with van der Waals surface area (Å²) in [4.78, 5) is 12.1. The Balaban J connectivity index is 1.56. The lowest BCUT2D eigenvalue weighted by Crippen LogP contribution is -2.25. The number of carbonyl (C=O) groups excluding carboxylic acids is 1. The number of nitrogens with zero attached hydrogens (tertiary/aromatic N) is 2. The van der Waals surface area contributed by atoms with Gasteiger partial charge in [-0.3, -0.25) is 9.48 Å². The van der Waals surface area contributed by atoms with Crippen molar-refractivity contribution in [1.29, 1.82) is 0 Å². The molecule has 1 aliphatic rings. The highest BCUT2D eigenvalue weighted by molar-refractivity contribution is 5.94. The van der Waals surface area contributed by atoms with Gasteiger partial charge < -0.3 is 5.32 Å². The lowest BCUT2D eigenvalue weighted by molar-refractivity contribution is 0.0954. The second kappa shape index (κ2) is 5.49. The van der Waals surface area contributed by atoms with Crippen LogP contribution in [0.25, 0.3) is 0 Å². The molecule has 4 heteroatoms. The molecule has 0 saturated carbocycles. The van der Waals surface area contributed by atoms with E-state index < -0.39 is 0 Å². The molecule has 0 radical (unpaired) electrons. The van der Waals surface area contributed by atoms with E-state index in [9.17, 15) is 4.79 Å². The number of aryl methyl sites for hydroxylation is 3. The van der Waals surface area contributed by atoms with Crippen molar-refractivity contribution in [2.75, 3.05) is 6.54 Å². The summed E-state index contributed by atoms with van der Waals surface area (Å²) in [5.41, 5.74) is 4.65. The molecule has 0 saturated heterocycles. The Labute approximate surface area is 118 Å². The summed E-state index contributed by atoms with van der Waals surface area (Å²) in [6.45, 7) is 0.640. The minimum Gasteiger partial charge on any atom is -0.352 e. The van der Waals surface area contributed by atoms with Crippen molar-refractivity contribution in [1.82, 2.24) is 15.1 Å². The number of amides is 1. The number of hydrogen-bond acceptors (Lipinski definition) is 2. The minimum atomic E-state index is 0.0172. The summed E-state index contributed by atoms with van der Waals surface area (Å²) in [6.07, 6.45) is 8.08. The van der Waals surface area contributed by atoms with Gasteiger partial charge in [0.2, 0.25) is 0 Å². The van der Waals surface area contributed by atoms with E-state index in [0.29, 0.717) is 6.54 Å². The third-order valence-corrected chi connectivity index (χ3v) is 3.82. The van der Waals surface area contributed by atoms with Gasteiger partial charge in [-0.05, 0) is 54.5 Å². The quantitative estimate of drug-likeness (QED) is 0.921. The predicted octanol–water partition coefficient (Wildman–Crippen LogP) is 1.88. The highest BCUT2D eigenvalue weighted by Crippen LogP contribution is 2.22. The number of nitrogens with one attached hydrogen (secondary N) is 1. The van der Waals surface area contributed by atoms with Gasteiger partial charge in [0.1, 0.15) is 0 Å². The van der Waals surface area contributed by atoms with Crippen molar-refractivity contribution >= 4 is 5.91 Å². The molecule has 104 valence electrons. The standard InChI is InChI=1S/C16H19N3O/c1-19-11-12(10-18-19)7-8-17-16(20)15-6-5-13-3-2-4-14(13)9-15/h5-6,9-11H,2-4,7-8H2,1H3,(H,17,20). The molecular weight excluding hydrogens is 250 g/mol. The summed E-state index contributed by atoms with van der Waals surface area (Å²) in [5, 5.41) is 7.09. The first-order chi connectivity index (χ1) is 9.72. The molecule has 1 N–H and O–H groups in total. The largest absolute Gasteiger partial charge is 0.352 e. The van der Waals surface area contributed by atoms with E-state index in [2.05, 4.69) is 16.5 Å². The summed E-state index contributed by atoms with van der Waals surface area (Å²) in [7, 11) is 1.90. The van der Waals surface area contributed by atoms with Crippen LogP contribution in [0.15, 0.2) is 30.6 Å². The van der Waals surface area contributed by atoms with Crippen molar-refractivity contribution in [3.05, 3.63) is 52.8 Å². The number of rotatable bonds is 4. The second-order valence-corrected chi connectivity index (χ2v) is 5.37. The van der Waals surface area contributed by atoms with Crippen molar-refractivity contribution in [2.45, 2.75) is 25.7 Å². The van der Waals surface area contributed by atoms with Gasteiger partial charge in [-0.15, -0.1) is 0 Å². The van der Waals surface area contributed by atoms with Gasteiger partial charge in [0, 0.05) is 25.4 Å². The Morgan fingerprint density at radius 1 is 1.35 bits per heavy atom. The fourth-order valence-electron chi connectivity index (χ4n) is 2.74. The average molecular weight is 269 g/mol. The zero-order valence-electron chi connectivity index (χ0n) is 11.7. The normalized spacial score (nSPS) is 13.2. The maximum absolute atomic E-state index is 12.1. The third kappa shape index (κ3) is 2.74.